The Morgan fingerprint density at radius 3 is 2.17 bits per heavy atom. The summed E-state index contributed by atoms with van der Waals surface area (Å²) in [5.41, 5.74) is 4.50. The standard InChI is InChI=1S/C6H12O5.C3H7NO3/c7-1-4-6(10)5(9)3(8)2-11-4;4-3(7)2(6)1-5/h3-10H,1-2H2;2,5-6H,1H2,(H2,4,7)/t3-,4-,5-,6?;/m1./s1. The number of rotatable bonds is 3. The smallest absolute Gasteiger partial charge is 0.248 e. The van der Waals surface area contributed by atoms with E-state index >= 15 is 0 Å². The molecule has 1 fully saturated rings. The molecule has 1 saturated heterocycles. The van der Waals surface area contributed by atoms with Crippen LogP contribution in [-0.4, -0.2) is 86.9 Å². The summed E-state index contributed by atoms with van der Waals surface area (Å²) < 4.78 is 4.81. The Kier molecular flexibility index (Phi) is 7.95. The molecule has 0 saturated carbocycles. The molecule has 0 aliphatic carbocycles. The second-order valence-corrected chi connectivity index (χ2v) is 3.70. The Balaban J connectivity index is 0.000000360. The topological polar surface area (TPSA) is 174 Å². The molecule has 1 heterocycles. The molecule has 1 rings (SSSR count). The second-order valence-electron chi connectivity index (χ2n) is 3.70. The minimum absolute atomic E-state index is 0.0521. The minimum atomic E-state index is -1.40. The molecule has 5 atom stereocenters. The van der Waals surface area contributed by atoms with Crippen molar-refractivity contribution in [2.75, 3.05) is 19.8 Å². The maximum absolute atomic E-state index is 9.74. The lowest BCUT2D eigenvalue weighted by Crippen LogP contribution is -2.53. The van der Waals surface area contributed by atoms with E-state index in [1.54, 1.807) is 0 Å². The van der Waals surface area contributed by atoms with E-state index in [1.807, 2.05) is 0 Å². The molecule has 1 aliphatic rings. The van der Waals surface area contributed by atoms with Crippen molar-refractivity contribution in [2.24, 2.45) is 5.73 Å². The van der Waals surface area contributed by atoms with Gasteiger partial charge < -0.3 is 41.1 Å². The van der Waals surface area contributed by atoms with Crippen LogP contribution >= 0.6 is 0 Å². The van der Waals surface area contributed by atoms with Gasteiger partial charge >= 0.3 is 0 Å². The van der Waals surface area contributed by atoms with E-state index in [-0.39, 0.29) is 13.2 Å². The van der Waals surface area contributed by atoms with Gasteiger partial charge in [0.25, 0.3) is 0 Å². The van der Waals surface area contributed by atoms with Crippen LogP contribution in [0.15, 0.2) is 0 Å². The zero-order valence-corrected chi connectivity index (χ0v) is 9.59. The van der Waals surface area contributed by atoms with Gasteiger partial charge in [-0.25, -0.2) is 0 Å². The Morgan fingerprint density at radius 2 is 1.83 bits per heavy atom. The molecule has 0 aromatic heterocycles. The van der Waals surface area contributed by atoms with Gasteiger partial charge in [-0.3, -0.25) is 4.79 Å². The zero-order valence-electron chi connectivity index (χ0n) is 9.59. The number of hydrogen-bond acceptors (Lipinski definition) is 8. The number of primary amides is 1. The van der Waals surface area contributed by atoms with Crippen molar-refractivity contribution >= 4 is 5.91 Å². The van der Waals surface area contributed by atoms with Gasteiger partial charge in [0.2, 0.25) is 5.91 Å². The highest BCUT2D eigenvalue weighted by Gasteiger charge is 2.36. The van der Waals surface area contributed by atoms with Gasteiger partial charge in [-0.1, -0.05) is 0 Å². The number of aliphatic hydroxyl groups excluding tert-OH is 6. The Hall–Kier alpha value is -0.810. The van der Waals surface area contributed by atoms with E-state index < -0.39 is 43.0 Å². The molecule has 0 bridgehead atoms. The Morgan fingerprint density at radius 1 is 1.28 bits per heavy atom. The quantitative estimate of drug-likeness (QED) is 0.267. The zero-order chi connectivity index (χ0) is 14.3. The number of ether oxygens (including phenoxy) is 1. The molecule has 108 valence electrons. The average Bonchev–Trinajstić information content (AvgIpc) is 2.36. The molecular formula is C9H19NO8. The first kappa shape index (κ1) is 17.2. The summed E-state index contributed by atoms with van der Waals surface area (Å²) in [4.78, 5) is 9.74. The molecule has 9 nitrogen and oxygen atoms in total. The number of carbonyl (C=O) groups is 1. The van der Waals surface area contributed by atoms with Crippen LogP contribution in [0.5, 0.6) is 0 Å². The lowest BCUT2D eigenvalue weighted by molar-refractivity contribution is -0.195. The van der Waals surface area contributed by atoms with Crippen molar-refractivity contribution in [2.45, 2.75) is 30.5 Å². The van der Waals surface area contributed by atoms with Gasteiger partial charge in [-0.15, -0.1) is 0 Å². The van der Waals surface area contributed by atoms with E-state index in [4.69, 9.17) is 35.4 Å². The van der Waals surface area contributed by atoms with E-state index in [0.29, 0.717) is 0 Å². The SMILES string of the molecule is NC(=O)C(O)CO.OC[C@H]1OC[C@@H](O)[C@@H](O)C1O. The third kappa shape index (κ3) is 5.23. The largest absolute Gasteiger partial charge is 0.394 e. The Bertz CT molecular complexity index is 249. The third-order valence-electron chi connectivity index (χ3n) is 2.29. The van der Waals surface area contributed by atoms with Crippen LogP contribution in [0.1, 0.15) is 0 Å². The number of carbonyl (C=O) groups excluding carboxylic acids is 1. The van der Waals surface area contributed by atoms with Crippen molar-refractivity contribution in [3.8, 4) is 0 Å². The molecule has 8 N–H and O–H groups in total. The van der Waals surface area contributed by atoms with Gasteiger partial charge in [0, 0.05) is 0 Å². The summed E-state index contributed by atoms with van der Waals surface area (Å²) in [7, 11) is 0. The lowest BCUT2D eigenvalue weighted by Gasteiger charge is -2.34. The highest BCUT2D eigenvalue weighted by molar-refractivity contribution is 5.78. The highest BCUT2D eigenvalue weighted by atomic mass is 16.5. The van der Waals surface area contributed by atoms with Crippen molar-refractivity contribution in [1.82, 2.24) is 0 Å². The van der Waals surface area contributed by atoms with Crippen LogP contribution in [0.2, 0.25) is 0 Å². The summed E-state index contributed by atoms with van der Waals surface area (Å²) in [5, 5.41) is 51.9. The lowest BCUT2D eigenvalue weighted by atomic mass is 10.0. The van der Waals surface area contributed by atoms with Crippen LogP contribution in [0, 0.1) is 0 Å². The van der Waals surface area contributed by atoms with Gasteiger partial charge in [0.15, 0.2) is 6.10 Å². The summed E-state index contributed by atoms with van der Waals surface area (Å²) in [6, 6.07) is 0. The van der Waals surface area contributed by atoms with E-state index in [2.05, 4.69) is 5.73 Å². The molecule has 2 unspecified atom stereocenters. The van der Waals surface area contributed by atoms with Crippen LogP contribution < -0.4 is 5.73 Å². The van der Waals surface area contributed by atoms with Crippen LogP contribution in [0.25, 0.3) is 0 Å². The van der Waals surface area contributed by atoms with E-state index in [9.17, 15) is 4.79 Å². The van der Waals surface area contributed by atoms with Gasteiger partial charge in [0.1, 0.15) is 24.4 Å². The molecule has 0 aromatic carbocycles. The molecule has 18 heavy (non-hydrogen) atoms. The van der Waals surface area contributed by atoms with Crippen molar-refractivity contribution in [3.05, 3.63) is 0 Å². The van der Waals surface area contributed by atoms with Crippen LogP contribution in [-0.2, 0) is 9.53 Å². The summed E-state index contributed by atoms with van der Waals surface area (Å²) in [6.07, 6.45) is -5.68. The highest BCUT2D eigenvalue weighted by Crippen LogP contribution is 2.14. The molecule has 0 radical (unpaired) electrons. The third-order valence-corrected chi connectivity index (χ3v) is 2.29. The van der Waals surface area contributed by atoms with E-state index in [0.717, 1.165) is 0 Å². The first-order valence-corrected chi connectivity index (χ1v) is 5.20. The predicted octanol–water partition coefficient (Wildman–Crippen LogP) is -4.71. The van der Waals surface area contributed by atoms with Gasteiger partial charge in [-0.2, -0.15) is 0 Å². The summed E-state index contributed by atoms with van der Waals surface area (Å²) in [5.74, 6) is -0.900. The fourth-order valence-electron chi connectivity index (χ4n) is 1.12. The number of amides is 1. The van der Waals surface area contributed by atoms with E-state index in [1.165, 1.54) is 0 Å². The second kappa shape index (κ2) is 8.32. The number of aliphatic hydroxyl groups is 6. The molecule has 1 amide bonds. The fraction of sp³-hybridized carbons (Fsp3) is 0.889. The van der Waals surface area contributed by atoms with Crippen molar-refractivity contribution in [1.29, 1.82) is 0 Å². The number of nitrogens with two attached hydrogens (primary N) is 1. The average molecular weight is 269 g/mol. The first-order valence-electron chi connectivity index (χ1n) is 5.20. The summed E-state index contributed by atoms with van der Waals surface area (Å²) in [6.45, 7) is -1.01. The predicted molar refractivity (Wildman–Crippen MR) is 57.1 cm³/mol. The van der Waals surface area contributed by atoms with Gasteiger partial charge in [-0.05, 0) is 0 Å². The molecule has 0 spiro atoms. The summed E-state index contributed by atoms with van der Waals surface area (Å²) >= 11 is 0. The molecule has 9 heteroatoms. The first-order chi connectivity index (χ1) is 8.34. The molecular weight excluding hydrogens is 250 g/mol. The maximum Gasteiger partial charge on any atom is 0.248 e. The van der Waals surface area contributed by atoms with Crippen LogP contribution in [0.3, 0.4) is 0 Å². The number of hydrogen-bond donors (Lipinski definition) is 7. The Labute approximate surface area is 103 Å². The van der Waals surface area contributed by atoms with Crippen LogP contribution in [0.4, 0.5) is 0 Å². The van der Waals surface area contributed by atoms with Crippen molar-refractivity contribution < 1.29 is 40.2 Å². The maximum atomic E-state index is 9.74. The minimum Gasteiger partial charge on any atom is -0.394 e. The molecule has 0 aromatic rings. The monoisotopic (exact) mass is 269 g/mol. The molecule has 1 aliphatic heterocycles. The van der Waals surface area contributed by atoms with Gasteiger partial charge in [0.05, 0.1) is 19.8 Å². The van der Waals surface area contributed by atoms with Crippen molar-refractivity contribution in [3.63, 3.8) is 0 Å². The fourth-order valence-corrected chi connectivity index (χ4v) is 1.12. The normalized spacial score (nSPS) is 33.2.